The van der Waals surface area contributed by atoms with E-state index in [1.54, 1.807) is 7.11 Å². The average molecular weight is 396 g/mol. The zero-order valence-corrected chi connectivity index (χ0v) is 17.2. The summed E-state index contributed by atoms with van der Waals surface area (Å²) in [4.78, 5) is 6.83. The van der Waals surface area contributed by atoms with Gasteiger partial charge in [-0.15, -0.1) is 0 Å². The van der Waals surface area contributed by atoms with Gasteiger partial charge in [-0.25, -0.2) is 0 Å². The lowest BCUT2D eigenvalue weighted by molar-refractivity contribution is 0.297. The van der Waals surface area contributed by atoms with Crippen LogP contribution in [0.5, 0.6) is 17.2 Å². The molecule has 0 radical (unpaired) electrons. The van der Waals surface area contributed by atoms with Crippen LogP contribution in [0.25, 0.3) is 0 Å². The Morgan fingerprint density at radius 1 is 1.14 bits per heavy atom. The zero-order chi connectivity index (χ0) is 20.1. The van der Waals surface area contributed by atoms with Crippen molar-refractivity contribution in [2.75, 3.05) is 40.5 Å². The highest BCUT2D eigenvalue weighted by atomic mass is 16.5. The molecular weight excluding hydrogens is 366 g/mol. The second kappa shape index (κ2) is 9.07. The van der Waals surface area contributed by atoms with Crippen molar-refractivity contribution in [2.45, 2.75) is 25.3 Å². The van der Waals surface area contributed by atoms with E-state index in [0.717, 1.165) is 54.7 Å². The van der Waals surface area contributed by atoms with Gasteiger partial charge in [0, 0.05) is 39.0 Å². The minimum atomic E-state index is 0.512. The van der Waals surface area contributed by atoms with Gasteiger partial charge in [0.1, 0.15) is 5.75 Å². The topological polar surface area (TPSA) is 55.3 Å². The van der Waals surface area contributed by atoms with E-state index in [9.17, 15) is 0 Å². The summed E-state index contributed by atoms with van der Waals surface area (Å²) in [5, 5.41) is 3.50. The normalized spacial score (nSPS) is 19.0. The van der Waals surface area contributed by atoms with Crippen LogP contribution in [0.1, 0.15) is 29.9 Å². The van der Waals surface area contributed by atoms with Gasteiger partial charge in [-0.3, -0.25) is 4.99 Å². The zero-order valence-electron chi connectivity index (χ0n) is 17.2. The number of guanidine groups is 1. The Morgan fingerprint density at radius 3 is 2.69 bits per heavy atom. The van der Waals surface area contributed by atoms with E-state index in [4.69, 9.17) is 14.2 Å². The molecule has 4 rings (SSSR count). The van der Waals surface area contributed by atoms with Crippen molar-refractivity contribution in [1.29, 1.82) is 0 Å². The monoisotopic (exact) mass is 395 g/mol. The number of hydrogen-bond donors (Lipinski definition) is 1. The maximum Gasteiger partial charge on any atom is 0.193 e. The quantitative estimate of drug-likeness (QED) is 0.635. The second-order valence-corrected chi connectivity index (χ2v) is 7.44. The maximum atomic E-state index is 5.80. The van der Waals surface area contributed by atoms with Crippen molar-refractivity contribution < 1.29 is 14.2 Å². The largest absolute Gasteiger partial charge is 0.497 e. The summed E-state index contributed by atoms with van der Waals surface area (Å²) in [5.41, 5.74) is 2.51. The molecule has 6 nitrogen and oxygen atoms in total. The van der Waals surface area contributed by atoms with Crippen LogP contribution >= 0.6 is 0 Å². The van der Waals surface area contributed by atoms with Crippen LogP contribution in [0.15, 0.2) is 47.5 Å². The standard InChI is InChI=1S/C23H29N3O3/c1-24-23(25-15-17-4-9-21-22(14-17)29-13-3-12-28-21)26-11-10-19(16-26)18-5-7-20(27-2)8-6-18/h4-9,14,19H,3,10-13,15-16H2,1-2H3,(H,24,25). The third-order valence-corrected chi connectivity index (χ3v) is 5.55. The molecule has 6 heteroatoms. The minimum absolute atomic E-state index is 0.512. The third kappa shape index (κ3) is 4.58. The molecule has 1 fully saturated rings. The summed E-state index contributed by atoms with van der Waals surface area (Å²) in [6, 6.07) is 14.5. The van der Waals surface area contributed by atoms with Crippen molar-refractivity contribution in [3.63, 3.8) is 0 Å². The smallest absolute Gasteiger partial charge is 0.193 e. The van der Waals surface area contributed by atoms with E-state index in [1.807, 2.05) is 25.2 Å². The predicted octanol–water partition coefficient (Wildman–Crippen LogP) is 3.42. The number of methoxy groups -OCH3 is 1. The molecular formula is C23H29N3O3. The molecule has 0 bridgehead atoms. The van der Waals surface area contributed by atoms with Gasteiger partial charge >= 0.3 is 0 Å². The van der Waals surface area contributed by atoms with Gasteiger partial charge in [-0.05, 0) is 41.8 Å². The summed E-state index contributed by atoms with van der Waals surface area (Å²) in [5.74, 6) is 4.01. The Balaban J connectivity index is 1.35. The second-order valence-electron chi connectivity index (χ2n) is 7.44. The molecule has 1 N–H and O–H groups in total. The fourth-order valence-corrected chi connectivity index (χ4v) is 3.93. The van der Waals surface area contributed by atoms with Crippen molar-refractivity contribution in [3.8, 4) is 17.2 Å². The van der Waals surface area contributed by atoms with E-state index in [0.29, 0.717) is 25.7 Å². The summed E-state index contributed by atoms with van der Waals surface area (Å²) in [6.07, 6.45) is 2.04. The van der Waals surface area contributed by atoms with Gasteiger partial charge in [0.15, 0.2) is 17.5 Å². The number of likely N-dealkylation sites (tertiary alicyclic amines) is 1. The van der Waals surface area contributed by atoms with Crippen molar-refractivity contribution in [2.24, 2.45) is 4.99 Å². The Kier molecular flexibility index (Phi) is 6.08. The number of nitrogens with zero attached hydrogens (tertiary/aromatic N) is 2. The van der Waals surface area contributed by atoms with Crippen LogP contribution in [0.3, 0.4) is 0 Å². The molecule has 2 aromatic carbocycles. The number of nitrogens with one attached hydrogen (secondary N) is 1. The average Bonchev–Trinajstić information content (AvgIpc) is 3.13. The molecule has 0 saturated carbocycles. The summed E-state index contributed by atoms with van der Waals surface area (Å²) in [7, 11) is 3.54. The lowest BCUT2D eigenvalue weighted by Gasteiger charge is -2.22. The van der Waals surface area contributed by atoms with Gasteiger partial charge in [0.25, 0.3) is 0 Å². The Morgan fingerprint density at radius 2 is 1.93 bits per heavy atom. The molecule has 2 aromatic rings. The first-order chi connectivity index (χ1) is 14.3. The van der Waals surface area contributed by atoms with E-state index in [1.165, 1.54) is 5.56 Å². The van der Waals surface area contributed by atoms with Gasteiger partial charge < -0.3 is 24.4 Å². The summed E-state index contributed by atoms with van der Waals surface area (Å²) in [6.45, 7) is 4.07. The molecule has 1 unspecified atom stereocenters. The van der Waals surface area contributed by atoms with E-state index in [2.05, 4.69) is 39.5 Å². The Labute approximate surface area is 172 Å². The molecule has 1 atom stereocenters. The van der Waals surface area contributed by atoms with E-state index in [-0.39, 0.29) is 0 Å². The van der Waals surface area contributed by atoms with Crippen LogP contribution < -0.4 is 19.5 Å². The van der Waals surface area contributed by atoms with E-state index >= 15 is 0 Å². The van der Waals surface area contributed by atoms with Gasteiger partial charge in [0.2, 0.25) is 0 Å². The first-order valence-corrected chi connectivity index (χ1v) is 10.2. The Bertz CT molecular complexity index is 851. The number of rotatable bonds is 4. The van der Waals surface area contributed by atoms with Crippen molar-refractivity contribution >= 4 is 5.96 Å². The van der Waals surface area contributed by atoms with Gasteiger partial charge in [-0.1, -0.05) is 18.2 Å². The predicted molar refractivity (Wildman–Crippen MR) is 114 cm³/mol. The molecule has 0 spiro atoms. The van der Waals surface area contributed by atoms with Gasteiger partial charge in [-0.2, -0.15) is 0 Å². The first-order valence-electron chi connectivity index (χ1n) is 10.2. The molecule has 1 saturated heterocycles. The van der Waals surface area contributed by atoms with Crippen LogP contribution in [0, 0.1) is 0 Å². The van der Waals surface area contributed by atoms with Crippen LogP contribution in [0.2, 0.25) is 0 Å². The first kappa shape index (κ1) is 19.4. The highest BCUT2D eigenvalue weighted by Crippen LogP contribution is 2.31. The number of hydrogen-bond acceptors (Lipinski definition) is 4. The van der Waals surface area contributed by atoms with Crippen LogP contribution in [0.4, 0.5) is 0 Å². The van der Waals surface area contributed by atoms with Crippen molar-refractivity contribution in [3.05, 3.63) is 53.6 Å². The molecule has 2 aliphatic rings. The molecule has 29 heavy (non-hydrogen) atoms. The lowest BCUT2D eigenvalue weighted by atomic mass is 9.98. The fourth-order valence-electron chi connectivity index (χ4n) is 3.93. The lowest BCUT2D eigenvalue weighted by Crippen LogP contribution is -2.39. The summed E-state index contributed by atoms with van der Waals surface area (Å²) < 4.78 is 16.8. The number of aliphatic imine (C=N–C) groups is 1. The van der Waals surface area contributed by atoms with Crippen molar-refractivity contribution in [1.82, 2.24) is 10.2 Å². The molecule has 154 valence electrons. The van der Waals surface area contributed by atoms with Crippen LogP contribution in [-0.4, -0.2) is 51.3 Å². The molecule has 2 aliphatic heterocycles. The SMILES string of the molecule is CN=C(NCc1ccc2c(c1)OCCCO2)N1CCC(c2ccc(OC)cc2)C1. The highest BCUT2D eigenvalue weighted by Gasteiger charge is 2.26. The summed E-state index contributed by atoms with van der Waals surface area (Å²) >= 11 is 0. The number of ether oxygens (including phenoxy) is 3. The number of fused-ring (bicyclic) bond motifs is 1. The van der Waals surface area contributed by atoms with E-state index < -0.39 is 0 Å². The Hall–Kier alpha value is -2.89. The minimum Gasteiger partial charge on any atom is -0.497 e. The highest BCUT2D eigenvalue weighted by molar-refractivity contribution is 5.80. The maximum absolute atomic E-state index is 5.80. The molecule has 2 heterocycles. The molecule has 0 aliphatic carbocycles. The van der Waals surface area contributed by atoms with Gasteiger partial charge in [0.05, 0.1) is 20.3 Å². The molecule has 0 aromatic heterocycles. The fraction of sp³-hybridized carbons (Fsp3) is 0.435. The molecule has 0 amide bonds. The van der Waals surface area contributed by atoms with Crippen LogP contribution in [-0.2, 0) is 6.54 Å². The number of benzene rings is 2. The third-order valence-electron chi connectivity index (χ3n) is 5.55.